The van der Waals surface area contributed by atoms with Crippen LogP contribution in [0.15, 0.2) is 101 Å². The van der Waals surface area contributed by atoms with Crippen molar-refractivity contribution in [3.63, 3.8) is 0 Å². The van der Waals surface area contributed by atoms with E-state index in [0.717, 1.165) is 6.42 Å². The maximum atomic E-state index is 3.80. The Hall–Kier alpha value is -3.23. The Morgan fingerprint density at radius 1 is 0.767 bits per heavy atom. The molecule has 142 valence electrons. The number of allylic oxidation sites excluding steroid dienone is 4. The van der Waals surface area contributed by atoms with Gasteiger partial charge in [-0.3, -0.25) is 0 Å². The van der Waals surface area contributed by atoms with Crippen LogP contribution < -0.4 is 0 Å². The molecule has 0 amide bonds. The number of H-pyrrole nitrogens is 1. The Morgan fingerprint density at radius 2 is 1.50 bits per heavy atom. The van der Waals surface area contributed by atoms with Crippen molar-refractivity contribution in [2.75, 3.05) is 0 Å². The van der Waals surface area contributed by atoms with Crippen LogP contribution in [0.1, 0.15) is 23.5 Å². The van der Waals surface area contributed by atoms with Crippen LogP contribution in [0.3, 0.4) is 0 Å². The molecule has 2 aliphatic rings. The largest absolute Gasteiger partial charge is 0.354 e. The van der Waals surface area contributed by atoms with Crippen molar-refractivity contribution in [3.8, 4) is 0 Å². The van der Waals surface area contributed by atoms with Crippen molar-refractivity contribution in [1.82, 2.24) is 4.98 Å². The van der Waals surface area contributed by atoms with E-state index < -0.39 is 0 Å². The Balaban J connectivity index is 1.61. The monoisotopic (exact) mass is 401 g/mol. The summed E-state index contributed by atoms with van der Waals surface area (Å²) in [6.45, 7) is 0. The summed E-state index contributed by atoms with van der Waals surface area (Å²) in [4.78, 5) is 6.73. The van der Waals surface area contributed by atoms with Crippen molar-refractivity contribution < 1.29 is 0 Å². The summed E-state index contributed by atoms with van der Waals surface area (Å²) >= 11 is 1.99. The second kappa shape index (κ2) is 6.13. The zero-order valence-electron chi connectivity index (χ0n) is 16.4. The molecule has 0 spiro atoms. The lowest BCUT2D eigenvalue weighted by molar-refractivity contribution is 0.850. The van der Waals surface area contributed by atoms with E-state index in [9.17, 15) is 0 Å². The second-order valence-corrected chi connectivity index (χ2v) is 9.20. The summed E-state index contributed by atoms with van der Waals surface area (Å²) in [7, 11) is 0. The molecule has 1 aliphatic heterocycles. The molecule has 4 aromatic carbocycles. The van der Waals surface area contributed by atoms with Gasteiger partial charge in [0.25, 0.3) is 0 Å². The minimum absolute atomic E-state index is 0.422. The van der Waals surface area contributed by atoms with Gasteiger partial charge in [0, 0.05) is 32.0 Å². The molecule has 0 bridgehead atoms. The van der Waals surface area contributed by atoms with E-state index in [0.29, 0.717) is 5.92 Å². The maximum absolute atomic E-state index is 3.80. The first-order chi connectivity index (χ1) is 14.9. The fourth-order valence-corrected chi connectivity index (χ4v) is 6.78. The minimum atomic E-state index is 0.422. The normalized spacial score (nSPS) is 17.8. The standard InChI is InChI=1S/C28H19NS/c1-2-9-17(10-3-1)18-14-8-15-22-25-26-24(21-13-6-7-16-23(21)29-26)19-11-4-5-12-20(19)28(25)30-27(18)22/h1-14,16,22,29H,15H2. The van der Waals surface area contributed by atoms with Crippen molar-refractivity contribution >= 4 is 49.9 Å². The third-order valence-electron chi connectivity index (χ3n) is 6.54. The molecule has 0 fully saturated rings. The molecule has 1 N–H and O–H groups in total. The highest BCUT2D eigenvalue weighted by molar-refractivity contribution is 8.04. The van der Waals surface area contributed by atoms with Crippen LogP contribution in [0, 0.1) is 0 Å². The molecule has 1 unspecified atom stereocenters. The van der Waals surface area contributed by atoms with Crippen molar-refractivity contribution in [2.45, 2.75) is 17.2 Å². The first kappa shape index (κ1) is 16.6. The highest BCUT2D eigenvalue weighted by atomic mass is 32.2. The van der Waals surface area contributed by atoms with Gasteiger partial charge in [-0.05, 0) is 40.0 Å². The van der Waals surface area contributed by atoms with E-state index in [4.69, 9.17) is 0 Å². The summed E-state index contributed by atoms with van der Waals surface area (Å²) < 4.78 is 0. The van der Waals surface area contributed by atoms with Gasteiger partial charge in [-0.2, -0.15) is 0 Å². The quantitative estimate of drug-likeness (QED) is 0.300. The maximum Gasteiger partial charge on any atom is 0.0521 e. The molecule has 2 heteroatoms. The third kappa shape index (κ3) is 2.15. The minimum Gasteiger partial charge on any atom is -0.354 e. The van der Waals surface area contributed by atoms with Crippen LogP contribution >= 0.6 is 11.8 Å². The Labute approximate surface area is 179 Å². The number of thioether (sulfide) groups is 1. The Morgan fingerprint density at radius 3 is 2.37 bits per heavy atom. The number of aromatic amines is 1. The lowest BCUT2D eigenvalue weighted by Gasteiger charge is -2.19. The molecule has 1 aromatic heterocycles. The van der Waals surface area contributed by atoms with Gasteiger partial charge in [-0.25, -0.2) is 0 Å². The van der Waals surface area contributed by atoms with Crippen molar-refractivity contribution in [3.05, 3.63) is 107 Å². The molecule has 5 aromatic rings. The molecular formula is C28H19NS. The predicted octanol–water partition coefficient (Wildman–Crippen LogP) is 8.03. The van der Waals surface area contributed by atoms with Crippen molar-refractivity contribution in [1.29, 1.82) is 0 Å². The lowest BCUT2D eigenvalue weighted by atomic mass is 9.85. The number of aromatic nitrogens is 1. The summed E-state index contributed by atoms with van der Waals surface area (Å²) in [6.07, 6.45) is 5.74. The molecule has 30 heavy (non-hydrogen) atoms. The molecule has 2 heterocycles. The van der Waals surface area contributed by atoms with E-state index in [-0.39, 0.29) is 0 Å². The number of benzene rings is 4. The molecular weight excluding hydrogens is 382 g/mol. The zero-order valence-corrected chi connectivity index (χ0v) is 17.2. The summed E-state index contributed by atoms with van der Waals surface area (Å²) in [5.74, 6) is 0.422. The Bertz CT molecular complexity index is 1540. The highest BCUT2D eigenvalue weighted by Crippen LogP contribution is 2.59. The van der Waals surface area contributed by atoms with E-state index >= 15 is 0 Å². The number of hydrogen-bond acceptors (Lipinski definition) is 1. The van der Waals surface area contributed by atoms with Crippen LogP contribution in [-0.2, 0) is 0 Å². The number of nitrogens with one attached hydrogen (secondary N) is 1. The average molecular weight is 402 g/mol. The highest BCUT2D eigenvalue weighted by Gasteiger charge is 2.35. The van der Waals surface area contributed by atoms with Gasteiger partial charge in [0.05, 0.1) is 5.52 Å². The molecule has 0 saturated carbocycles. The summed E-state index contributed by atoms with van der Waals surface area (Å²) in [6, 6.07) is 28.5. The van der Waals surface area contributed by atoms with Gasteiger partial charge >= 0.3 is 0 Å². The van der Waals surface area contributed by atoms with E-state index in [1.54, 1.807) is 0 Å². The van der Waals surface area contributed by atoms with Crippen molar-refractivity contribution in [2.24, 2.45) is 0 Å². The molecule has 1 aliphatic carbocycles. The van der Waals surface area contributed by atoms with Crippen LogP contribution in [0.2, 0.25) is 0 Å². The van der Waals surface area contributed by atoms with Gasteiger partial charge in [0.1, 0.15) is 0 Å². The number of fused-ring (bicyclic) bond motifs is 10. The first-order valence-corrected chi connectivity index (χ1v) is 11.3. The first-order valence-electron chi connectivity index (χ1n) is 10.5. The predicted molar refractivity (Wildman–Crippen MR) is 129 cm³/mol. The number of hydrogen-bond donors (Lipinski definition) is 1. The summed E-state index contributed by atoms with van der Waals surface area (Å²) in [5, 5.41) is 5.43. The van der Waals surface area contributed by atoms with Crippen LogP contribution in [-0.4, -0.2) is 4.98 Å². The van der Waals surface area contributed by atoms with Crippen LogP contribution in [0.5, 0.6) is 0 Å². The summed E-state index contributed by atoms with van der Waals surface area (Å²) in [5.41, 5.74) is 6.72. The topological polar surface area (TPSA) is 15.8 Å². The van der Waals surface area contributed by atoms with Gasteiger partial charge in [0.15, 0.2) is 0 Å². The van der Waals surface area contributed by atoms with Gasteiger partial charge in [-0.1, -0.05) is 96.7 Å². The van der Waals surface area contributed by atoms with E-state index in [1.807, 2.05) is 11.8 Å². The zero-order chi connectivity index (χ0) is 19.7. The van der Waals surface area contributed by atoms with Gasteiger partial charge < -0.3 is 4.98 Å². The average Bonchev–Trinajstić information content (AvgIpc) is 3.38. The van der Waals surface area contributed by atoms with Gasteiger partial charge in [-0.15, -0.1) is 0 Å². The van der Waals surface area contributed by atoms with E-state index in [2.05, 4.69) is 96.0 Å². The lowest BCUT2D eigenvalue weighted by Crippen LogP contribution is -2.01. The van der Waals surface area contributed by atoms with E-state index in [1.165, 1.54) is 59.1 Å². The molecule has 0 radical (unpaired) electrons. The molecule has 1 nitrogen and oxygen atoms in total. The fourth-order valence-electron chi connectivity index (χ4n) is 5.26. The third-order valence-corrected chi connectivity index (χ3v) is 7.91. The fraction of sp³-hybridized carbons (Fsp3) is 0.0714. The molecule has 7 rings (SSSR count). The second-order valence-electron chi connectivity index (χ2n) is 8.15. The SMILES string of the molecule is C1=CC(c2ccccc2)=C2Sc3c(c4[nH]c5ccccc5c4c4ccccc34)C2C1. The Kier molecular flexibility index (Phi) is 3.38. The van der Waals surface area contributed by atoms with Crippen LogP contribution in [0.25, 0.3) is 38.2 Å². The number of para-hydroxylation sites is 1. The van der Waals surface area contributed by atoms with Gasteiger partial charge in [0.2, 0.25) is 0 Å². The van der Waals surface area contributed by atoms with Crippen LogP contribution in [0.4, 0.5) is 0 Å². The number of rotatable bonds is 1. The molecule has 0 saturated heterocycles. The smallest absolute Gasteiger partial charge is 0.0521 e. The molecule has 1 atom stereocenters.